The van der Waals surface area contributed by atoms with Crippen LogP contribution in [0.5, 0.6) is 0 Å². The minimum Gasteiger partial charge on any atom is -0.366 e. The Bertz CT molecular complexity index is 1220. The summed E-state index contributed by atoms with van der Waals surface area (Å²) in [6.45, 7) is 2.31. The van der Waals surface area contributed by atoms with Crippen LogP contribution in [-0.2, 0) is 12.7 Å². The third-order valence-electron chi connectivity index (χ3n) is 4.98. The molecule has 0 saturated heterocycles. The Labute approximate surface area is 159 Å². The maximum absolute atomic E-state index is 13.3. The van der Waals surface area contributed by atoms with Crippen LogP contribution in [0.1, 0.15) is 27.0 Å². The molecule has 0 saturated carbocycles. The Hall–Kier alpha value is -3.28. The Kier molecular flexibility index (Phi) is 4.14. The maximum Gasteiger partial charge on any atom is 0.416 e. The summed E-state index contributed by atoms with van der Waals surface area (Å²) in [6.07, 6.45) is -4.48. The lowest BCUT2D eigenvalue weighted by atomic mass is 10.0. The maximum atomic E-state index is 13.3. The summed E-state index contributed by atoms with van der Waals surface area (Å²) in [5.74, 6) is -0.631. The van der Waals surface area contributed by atoms with Crippen LogP contribution in [0, 0.1) is 13.0 Å². The first-order chi connectivity index (χ1) is 13.3. The number of primary amides is 1. The number of aryl methyl sites for hydroxylation is 1. The molecule has 3 aromatic carbocycles. The molecule has 0 spiro atoms. The van der Waals surface area contributed by atoms with Crippen molar-refractivity contribution >= 4 is 27.7 Å². The van der Waals surface area contributed by atoms with Crippen molar-refractivity contribution in [1.82, 2.24) is 4.57 Å². The molecule has 1 radical (unpaired) electrons. The van der Waals surface area contributed by atoms with Gasteiger partial charge in [-0.15, -0.1) is 0 Å². The number of alkyl halides is 3. The number of carbonyl (C=O) groups is 1. The SMILES string of the molecule is Cc1ccccc1Cn1c2cc(C(F)(F)F)c[c]c2c2c(C(N)=O)cccc21. The van der Waals surface area contributed by atoms with Gasteiger partial charge in [0.25, 0.3) is 0 Å². The summed E-state index contributed by atoms with van der Waals surface area (Å²) in [7, 11) is 0. The second-order valence-corrected chi connectivity index (χ2v) is 6.72. The van der Waals surface area contributed by atoms with Crippen LogP contribution in [0.4, 0.5) is 13.2 Å². The number of hydrogen-bond donors (Lipinski definition) is 1. The highest BCUT2D eigenvalue weighted by Crippen LogP contribution is 2.36. The highest BCUT2D eigenvalue weighted by atomic mass is 19.4. The molecular formula is C22H16F3N2O. The number of halogens is 3. The van der Waals surface area contributed by atoms with E-state index in [2.05, 4.69) is 6.07 Å². The van der Waals surface area contributed by atoms with Crippen molar-refractivity contribution in [1.29, 1.82) is 0 Å². The molecule has 0 unspecified atom stereocenters. The lowest BCUT2D eigenvalue weighted by Crippen LogP contribution is -2.11. The fraction of sp³-hybridized carbons (Fsp3) is 0.136. The molecule has 4 aromatic rings. The number of fused-ring (bicyclic) bond motifs is 3. The van der Waals surface area contributed by atoms with Crippen LogP contribution in [0.3, 0.4) is 0 Å². The standard InChI is InChI=1S/C22H16F3N2O/c1-13-5-2-3-6-14(13)12-27-18-8-4-7-17(21(26)28)20(18)16-10-9-15(11-19(16)27)22(23,24)25/h2-9,11H,12H2,1H3,(H2,26,28). The molecule has 28 heavy (non-hydrogen) atoms. The monoisotopic (exact) mass is 381 g/mol. The lowest BCUT2D eigenvalue weighted by molar-refractivity contribution is -0.137. The average Bonchev–Trinajstić information content (AvgIpc) is 2.96. The minimum atomic E-state index is -4.48. The molecule has 1 aromatic heterocycles. The fourth-order valence-corrected chi connectivity index (χ4v) is 3.55. The lowest BCUT2D eigenvalue weighted by Gasteiger charge is -2.12. The van der Waals surface area contributed by atoms with Gasteiger partial charge in [0, 0.05) is 22.9 Å². The summed E-state index contributed by atoms with van der Waals surface area (Å²) in [5, 5.41) is 0.971. The largest absolute Gasteiger partial charge is 0.416 e. The summed E-state index contributed by atoms with van der Waals surface area (Å²) in [4.78, 5) is 11.9. The molecule has 0 atom stereocenters. The molecule has 1 amide bonds. The van der Waals surface area contributed by atoms with Gasteiger partial charge in [-0.05, 0) is 48.4 Å². The van der Waals surface area contributed by atoms with Crippen LogP contribution in [0.15, 0.2) is 54.6 Å². The van der Waals surface area contributed by atoms with E-state index in [9.17, 15) is 18.0 Å². The van der Waals surface area contributed by atoms with E-state index in [0.29, 0.717) is 28.4 Å². The predicted molar refractivity (Wildman–Crippen MR) is 102 cm³/mol. The smallest absolute Gasteiger partial charge is 0.366 e. The van der Waals surface area contributed by atoms with E-state index in [0.717, 1.165) is 23.3 Å². The van der Waals surface area contributed by atoms with E-state index >= 15 is 0 Å². The molecular weight excluding hydrogens is 365 g/mol. The Morgan fingerprint density at radius 3 is 2.54 bits per heavy atom. The first kappa shape index (κ1) is 18.1. The topological polar surface area (TPSA) is 48.0 Å². The molecule has 1 heterocycles. The van der Waals surface area contributed by atoms with Gasteiger partial charge >= 0.3 is 6.18 Å². The molecule has 0 aliphatic rings. The van der Waals surface area contributed by atoms with Gasteiger partial charge in [-0.2, -0.15) is 13.2 Å². The van der Waals surface area contributed by atoms with Gasteiger partial charge < -0.3 is 10.3 Å². The second-order valence-electron chi connectivity index (χ2n) is 6.72. The molecule has 6 heteroatoms. The second kappa shape index (κ2) is 6.41. The van der Waals surface area contributed by atoms with Gasteiger partial charge in [0.05, 0.1) is 16.6 Å². The highest BCUT2D eigenvalue weighted by molar-refractivity contribution is 6.17. The van der Waals surface area contributed by atoms with Crippen molar-refractivity contribution in [2.24, 2.45) is 5.73 Å². The Morgan fingerprint density at radius 2 is 1.86 bits per heavy atom. The number of nitrogens with zero attached hydrogens (tertiary/aromatic N) is 1. The van der Waals surface area contributed by atoms with E-state index in [1.165, 1.54) is 0 Å². The van der Waals surface area contributed by atoms with Gasteiger partial charge in [0.2, 0.25) is 5.91 Å². The van der Waals surface area contributed by atoms with Crippen molar-refractivity contribution < 1.29 is 18.0 Å². The summed E-state index contributed by atoms with van der Waals surface area (Å²) in [6, 6.07) is 17.5. The first-order valence-electron chi connectivity index (χ1n) is 8.65. The molecule has 0 aliphatic carbocycles. The Morgan fingerprint density at radius 1 is 1.11 bits per heavy atom. The molecule has 0 bridgehead atoms. The van der Waals surface area contributed by atoms with Crippen molar-refractivity contribution in [2.45, 2.75) is 19.6 Å². The number of hydrogen-bond acceptors (Lipinski definition) is 1. The van der Waals surface area contributed by atoms with Crippen LogP contribution < -0.4 is 5.73 Å². The summed E-state index contributed by atoms with van der Waals surface area (Å²) >= 11 is 0. The minimum absolute atomic E-state index is 0.266. The zero-order valence-corrected chi connectivity index (χ0v) is 15.0. The van der Waals surface area contributed by atoms with Crippen LogP contribution in [0.25, 0.3) is 21.8 Å². The van der Waals surface area contributed by atoms with E-state index in [1.54, 1.807) is 22.8 Å². The third-order valence-corrected chi connectivity index (χ3v) is 4.98. The average molecular weight is 381 g/mol. The third kappa shape index (κ3) is 2.91. The number of aromatic nitrogens is 1. The first-order valence-corrected chi connectivity index (χ1v) is 8.65. The van der Waals surface area contributed by atoms with Crippen molar-refractivity contribution in [3.8, 4) is 0 Å². The zero-order chi connectivity index (χ0) is 20.1. The van der Waals surface area contributed by atoms with Gasteiger partial charge in [0.15, 0.2) is 0 Å². The van der Waals surface area contributed by atoms with Gasteiger partial charge in [-0.1, -0.05) is 30.3 Å². The van der Waals surface area contributed by atoms with E-state index in [1.807, 2.05) is 31.2 Å². The van der Waals surface area contributed by atoms with Gasteiger partial charge in [-0.25, -0.2) is 0 Å². The van der Waals surface area contributed by atoms with Crippen molar-refractivity contribution in [3.05, 3.63) is 82.9 Å². The number of benzene rings is 3. The predicted octanol–water partition coefficient (Wildman–Crippen LogP) is 5.07. The van der Waals surface area contributed by atoms with Gasteiger partial charge in [-0.3, -0.25) is 4.79 Å². The molecule has 0 aliphatic heterocycles. The molecule has 3 nitrogen and oxygen atoms in total. The van der Waals surface area contributed by atoms with Gasteiger partial charge in [0.1, 0.15) is 0 Å². The molecule has 141 valence electrons. The number of nitrogens with two attached hydrogens (primary N) is 1. The van der Waals surface area contributed by atoms with Crippen LogP contribution >= 0.6 is 0 Å². The normalized spacial score (nSPS) is 12.0. The fourth-order valence-electron chi connectivity index (χ4n) is 3.55. The number of amides is 1. The van der Waals surface area contributed by atoms with Crippen molar-refractivity contribution in [2.75, 3.05) is 0 Å². The Balaban J connectivity index is 2.08. The summed E-state index contributed by atoms with van der Waals surface area (Å²) in [5.41, 5.74) is 8.01. The number of rotatable bonds is 3. The van der Waals surface area contributed by atoms with Crippen LogP contribution in [-0.4, -0.2) is 10.5 Å². The zero-order valence-electron chi connectivity index (χ0n) is 15.0. The van der Waals surface area contributed by atoms with E-state index in [4.69, 9.17) is 5.73 Å². The molecule has 4 rings (SSSR count). The molecule has 2 N–H and O–H groups in total. The van der Waals surface area contributed by atoms with Crippen LogP contribution in [0.2, 0.25) is 0 Å². The van der Waals surface area contributed by atoms with Crippen molar-refractivity contribution in [3.63, 3.8) is 0 Å². The number of carbonyl (C=O) groups excluding carboxylic acids is 1. The van der Waals surface area contributed by atoms with E-state index < -0.39 is 17.6 Å². The van der Waals surface area contributed by atoms with E-state index in [-0.39, 0.29) is 5.56 Å². The summed E-state index contributed by atoms with van der Waals surface area (Å²) < 4.78 is 41.7. The quantitative estimate of drug-likeness (QED) is 0.529. The highest BCUT2D eigenvalue weighted by Gasteiger charge is 2.31. The molecule has 0 fully saturated rings.